The number of rotatable bonds is 2. The van der Waals surface area contributed by atoms with E-state index in [1.54, 1.807) is 6.07 Å². The zero-order valence-electron chi connectivity index (χ0n) is 14.8. The third-order valence-corrected chi connectivity index (χ3v) is 5.54. The number of hydrogen-bond donors (Lipinski definition) is 1. The summed E-state index contributed by atoms with van der Waals surface area (Å²) in [5, 5.41) is 2.90. The van der Waals surface area contributed by atoms with Crippen molar-refractivity contribution in [3.05, 3.63) is 53.6 Å². The summed E-state index contributed by atoms with van der Waals surface area (Å²) in [4.78, 5) is 26.4. The van der Waals surface area contributed by atoms with Crippen LogP contribution < -0.4 is 14.8 Å². The van der Waals surface area contributed by atoms with Crippen LogP contribution in [-0.4, -0.2) is 42.0 Å². The number of fused-ring (bicyclic) bond motifs is 3. The molecule has 5 rings (SSSR count). The summed E-state index contributed by atoms with van der Waals surface area (Å²) in [6.45, 7) is 1.06. The maximum Gasteiger partial charge on any atom is 0.258 e. The lowest BCUT2D eigenvalue weighted by Gasteiger charge is -2.26. The van der Waals surface area contributed by atoms with Crippen LogP contribution in [0.3, 0.4) is 0 Å². The lowest BCUT2D eigenvalue weighted by atomic mass is 10.0. The van der Waals surface area contributed by atoms with E-state index in [9.17, 15) is 9.59 Å². The third kappa shape index (κ3) is 2.81. The second-order valence-corrected chi connectivity index (χ2v) is 7.19. The minimum atomic E-state index is -0.138. The minimum absolute atomic E-state index is 0.00287. The molecule has 1 fully saturated rings. The molecule has 2 unspecified atom stereocenters. The van der Waals surface area contributed by atoms with Crippen molar-refractivity contribution >= 4 is 17.5 Å². The van der Waals surface area contributed by atoms with Gasteiger partial charge in [0.25, 0.3) is 5.91 Å². The second kappa shape index (κ2) is 6.30. The maximum absolute atomic E-state index is 12.9. The van der Waals surface area contributed by atoms with Crippen LogP contribution in [0, 0.1) is 0 Å². The van der Waals surface area contributed by atoms with Crippen molar-refractivity contribution < 1.29 is 19.1 Å². The van der Waals surface area contributed by atoms with Crippen LogP contribution in [0.2, 0.25) is 0 Å². The summed E-state index contributed by atoms with van der Waals surface area (Å²) < 4.78 is 12.1. The van der Waals surface area contributed by atoms with E-state index in [0.29, 0.717) is 36.6 Å². The molecule has 138 valence electrons. The molecule has 0 spiro atoms. The number of nitrogens with zero attached hydrogens (tertiary/aromatic N) is 1. The first kappa shape index (κ1) is 16.2. The minimum Gasteiger partial charge on any atom is -0.490 e. The van der Waals surface area contributed by atoms with Crippen molar-refractivity contribution in [3.63, 3.8) is 0 Å². The van der Waals surface area contributed by atoms with Gasteiger partial charge in [0.05, 0.1) is 5.56 Å². The van der Waals surface area contributed by atoms with Crippen molar-refractivity contribution in [2.45, 2.75) is 31.4 Å². The number of benzene rings is 2. The molecule has 0 saturated carbocycles. The molecule has 2 aromatic carbocycles. The number of aryl methyl sites for hydroxylation is 1. The molecule has 1 N–H and O–H groups in total. The van der Waals surface area contributed by atoms with E-state index in [4.69, 9.17) is 9.47 Å². The zero-order chi connectivity index (χ0) is 18.4. The number of nitrogens with one attached hydrogen (secondary N) is 1. The van der Waals surface area contributed by atoms with Crippen LogP contribution in [0.25, 0.3) is 0 Å². The van der Waals surface area contributed by atoms with E-state index in [1.807, 2.05) is 41.3 Å². The van der Waals surface area contributed by atoms with Crippen molar-refractivity contribution in [3.8, 4) is 11.5 Å². The highest BCUT2D eigenvalue weighted by Gasteiger charge is 2.42. The number of carbonyl (C=O) groups excluding carboxylic acids is 2. The van der Waals surface area contributed by atoms with Crippen molar-refractivity contribution in [2.75, 3.05) is 18.5 Å². The summed E-state index contributed by atoms with van der Waals surface area (Å²) in [7, 11) is 0. The predicted molar refractivity (Wildman–Crippen MR) is 99.2 cm³/mol. The van der Waals surface area contributed by atoms with Gasteiger partial charge in [0.2, 0.25) is 5.91 Å². The molecular weight excluding hydrogens is 344 g/mol. The molecule has 3 heterocycles. The van der Waals surface area contributed by atoms with Crippen LogP contribution >= 0.6 is 0 Å². The van der Waals surface area contributed by atoms with E-state index in [2.05, 4.69) is 5.32 Å². The summed E-state index contributed by atoms with van der Waals surface area (Å²) >= 11 is 0. The van der Waals surface area contributed by atoms with Gasteiger partial charge in [-0.25, -0.2) is 0 Å². The number of ether oxygens (including phenoxy) is 2. The van der Waals surface area contributed by atoms with Crippen molar-refractivity contribution in [1.29, 1.82) is 0 Å². The quantitative estimate of drug-likeness (QED) is 0.890. The lowest BCUT2D eigenvalue weighted by molar-refractivity contribution is -0.116. The number of anilines is 1. The van der Waals surface area contributed by atoms with Gasteiger partial charge in [0.15, 0.2) is 0 Å². The molecule has 2 amide bonds. The predicted octanol–water partition coefficient (Wildman–Crippen LogP) is 2.63. The first-order valence-electron chi connectivity index (χ1n) is 9.31. The smallest absolute Gasteiger partial charge is 0.258 e. The first-order valence-corrected chi connectivity index (χ1v) is 9.31. The second-order valence-electron chi connectivity index (χ2n) is 7.19. The third-order valence-electron chi connectivity index (χ3n) is 5.54. The van der Waals surface area contributed by atoms with Gasteiger partial charge in [-0.05, 0) is 30.2 Å². The monoisotopic (exact) mass is 364 g/mol. The molecule has 2 aromatic rings. The van der Waals surface area contributed by atoms with Crippen LogP contribution in [0.15, 0.2) is 42.5 Å². The zero-order valence-corrected chi connectivity index (χ0v) is 14.8. The van der Waals surface area contributed by atoms with Crippen molar-refractivity contribution in [1.82, 2.24) is 4.90 Å². The van der Waals surface area contributed by atoms with Gasteiger partial charge in [-0.3, -0.25) is 9.59 Å². The molecule has 27 heavy (non-hydrogen) atoms. The Morgan fingerprint density at radius 2 is 2.00 bits per heavy atom. The largest absolute Gasteiger partial charge is 0.490 e. The number of hydrogen-bond acceptors (Lipinski definition) is 4. The molecule has 3 aliphatic rings. The van der Waals surface area contributed by atoms with Gasteiger partial charge >= 0.3 is 0 Å². The molecule has 6 heteroatoms. The Balaban J connectivity index is 1.37. The van der Waals surface area contributed by atoms with Gasteiger partial charge in [-0.15, -0.1) is 0 Å². The Bertz CT molecular complexity index is 926. The number of para-hydroxylation sites is 1. The molecule has 2 atom stereocenters. The van der Waals surface area contributed by atoms with E-state index < -0.39 is 0 Å². The Morgan fingerprint density at radius 3 is 2.93 bits per heavy atom. The Hall–Kier alpha value is -3.02. The van der Waals surface area contributed by atoms with Gasteiger partial charge < -0.3 is 19.7 Å². The standard InChI is InChI=1S/C21H20N2O4/c24-20-8-6-13-5-7-14(11-16(13)22-20)27-19-9-10-23-17(19)12-26-18-4-2-1-3-15(18)21(23)25/h1-5,7,11,17,19H,6,8-10,12H2,(H,22,24). The van der Waals surface area contributed by atoms with E-state index in [1.165, 1.54) is 0 Å². The number of carbonyl (C=O) groups is 2. The highest BCUT2D eigenvalue weighted by molar-refractivity contribution is 5.97. The fraction of sp³-hybridized carbons (Fsp3) is 0.333. The molecule has 1 saturated heterocycles. The van der Waals surface area contributed by atoms with E-state index in [-0.39, 0.29) is 24.0 Å². The van der Waals surface area contributed by atoms with Gasteiger partial charge in [-0.1, -0.05) is 18.2 Å². The topological polar surface area (TPSA) is 67.9 Å². The maximum atomic E-state index is 12.9. The van der Waals surface area contributed by atoms with Crippen molar-refractivity contribution in [2.24, 2.45) is 0 Å². The van der Waals surface area contributed by atoms with Crippen LogP contribution in [0.5, 0.6) is 11.5 Å². The van der Waals surface area contributed by atoms with Crippen LogP contribution in [-0.2, 0) is 11.2 Å². The molecule has 0 aliphatic carbocycles. The van der Waals surface area contributed by atoms with Gasteiger partial charge in [0, 0.05) is 31.1 Å². The summed E-state index contributed by atoms with van der Waals surface area (Å²) in [6, 6.07) is 13.1. The van der Waals surface area contributed by atoms with Gasteiger partial charge in [0.1, 0.15) is 30.3 Å². The number of amides is 2. The van der Waals surface area contributed by atoms with Crippen LogP contribution in [0.1, 0.15) is 28.8 Å². The van der Waals surface area contributed by atoms with Crippen LogP contribution in [0.4, 0.5) is 5.69 Å². The van der Waals surface area contributed by atoms with E-state index >= 15 is 0 Å². The molecule has 3 aliphatic heterocycles. The van der Waals surface area contributed by atoms with E-state index in [0.717, 1.165) is 24.1 Å². The first-order chi connectivity index (χ1) is 13.2. The molecule has 0 bridgehead atoms. The fourth-order valence-corrected chi connectivity index (χ4v) is 4.11. The molecule has 0 aromatic heterocycles. The Labute approximate surface area is 157 Å². The molecular formula is C21H20N2O4. The fourth-order valence-electron chi connectivity index (χ4n) is 4.11. The summed E-state index contributed by atoms with van der Waals surface area (Å²) in [6.07, 6.45) is 1.89. The summed E-state index contributed by atoms with van der Waals surface area (Å²) in [5.41, 5.74) is 2.55. The Morgan fingerprint density at radius 1 is 1.11 bits per heavy atom. The SMILES string of the molecule is O=C1CCc2ccc(OC3CCN4C(=O)c5ccccc5OCC34)cc2N1. The summed E-state index contributed by atoms with van der Waals surface area (Å²) in [5.74, 6) is 1.37. The highest BCUT2D eigenvalue weighted by atomic mass is 16.5. The molecule has 0 radical (unpaired) electrons. The van der Waals surface area contributed by atoms with Gasteiger partial charge in [-0.2, -0.15) is 0 Å². The Kier molecular flexibility index (Phi) is 3.77. The normalized spacial score (nSPS) is 23.5. The average Bonchev–Trinajstić information content (AvgIpc) is 3.01. The lowest BCUT2D eigenvalue weighted by Crippen LogP contribution is -2.43. The highest BCUT2D eigenvalue weighted by Crippen LogP contribution is 2.33. The average molecular weight is 364 g/mol. The molecule has 6 nitrogen and oxygen atoms in total.